The molecule has 3 rings (SSSR count). The number of carbonyl (C=O) groups is 1. The second-order valence-corrected chi connectivity index (χ2v) is 3.57. The van der Waals surface area contributed by atoms with Crippen molar-refractivity contribution in [1.82, 2.24) is 9.97 Å². The minimum atomic E-state index is -0.326. The van der Waals surface area contributed by atoms with E-state index in [4.69, 9.17) is 0 Å². The van der Waals surface area contributed by atoms with Gasteiger partial charge in [-0.05, 0) is 18.2 Å². The van der Waals surface area contributed by atoms with E-state index in [0.29, 0.717) is 5.69 Å². The Labute approximate surface area is 91.0 Å². The molecule has 0 spiro atoms. The number of amides is 1. The first-order chi connectivity index (χ1) is 7.74. The molecule has 1 aromatic heterocycles. The van der Waals surface area contributed by atoms with Gasteiger partial charge in [0.05, 0.1) is 30.0 Å². The first kappa shape index (κ1) is 8.96. The van der Waals surface area contributed by atoms with Crippen molar-refractivity contribution < 1.29 is 9.90 Å². The Kier molecular flexibility index (Phi) is 1.73. The predicted octanol–water partition coefficient (Wildman–Crippen LogP) is 1.15. The number of benzene rings is 1. The molecule has 1 amide bonds. The van der Waals surface area contributed by atoms with Crippen LogP contribution in [-0.2, 0) is 4.79 Å². The topological polar surface area (TPSA) is 69.2 Å². The van der Waals surface area contributed by atoms with Gasteiger partial charge >= 0.3 is 0 Å². The van der Waals surface area contributed by atoms with E-state index < -0.39 is 0 Å². The summed E-state index contributed by atoms with van der Waals surface area (Å²) in [6.07, 6.45) is 3.94. The van der Waals surface area contributed by atoms with Crippen molar-refractivity contribution in [3.8, 4) is 0 Å². The molecule has 2 heterocycles. The van der Waals surface area contributed by atoms with Gasteiger partial charge in [-0.15, -0.1) is 0 Å². The smallest absolute Gasteiger partial charge is 0.263 e. The Hall–Kier alpha value is -2.30. The molecule has 0 saturated carbocycles. The summed E-state index contributed by atoms with van der Waals surface area (Å²) in [5.41, 5.74) is 2.41. The van der Waals surface area contributed by atoms with Crippen molar-refractivity contribution in [3.63, 3.8) is 0 Å². The molecule has 1 radical (unpaired) electrons. The summed E-state index contributed by atoms with van der Waals surface area (Å²) in [4.78, 5) is 20.0. The molecule has 0 unspecified atom stereocenters. The van der Waals surface area contributed by atoms with Gasteiger partial charge < -0.3 is 15.0 Å². The first-order valence-electron chi connectivity index (χ1n) is 4.80. The molecule has 0 aliphatic carbocycles. The molecule has 0 saturated heterocycles. The summed E-state index contributed by atoms with van der Waals surface area (Å²) in [7, 11) is 0. The molecular weight excluding hydrogens is 206 g/mol. The predicted molar refractivity (Wildman–Crippen MR) is 57.8 cm³/mol. The number of fused-ring (bicyclic) bond motifs is 1. The largest absolute Gasteiger partial charge is 0.510 e. The summed E-state index contributed by atoms with van der Waals surface area (Å²) in [5, 5.41) is 9.23. The fourth-order valence-corrected chi connectivity index (χ4v) is 1.75. The van der Waals surface area contributed by atoms with Gasteiger partial charge in [0.25, 0.3) is 5.91 Å². The molecule has 2 aromatic rings. The fourth-order valence-electron chi connectivity index (χ4n) is 1.75. The number of aliphatic hydroxyl groups is 1. The number of aromatic amines is 1. The monoisotopic (exact) mass is 214 g/mol. The van der Waals surface area contributed by atoms with Crippen LogP contribution in [0.5, 0.6) is 0 Å². The number of H-pyrrole nitrogens is 1. The minimum Gasteiger partial charge on any atom is -0.510 e. The molecule has 1 aliphatic rings. The Bertz CT molecular complexity index is 600. The van der Waals surface area contributed by atoms with Crippen molar-refractivity contribution in [2.45, 2.75) is 0 Å². The van der Waals surface area contributed by atoms with Crippen molar-refractivity contribution in [2.24, 2.45) is 0 Å². The van der Waals surface area contributed by atoms with Crippen LogP contribution in [0.15, 0.2) is 30.3 Å². The standard InChI is InChI=1S/C11H8N3O2/c15-8-4-11(16)14(5-8)7-1-2-9-10(3-7)13-6-12-9/h1-3,6,15H,5H2,(H,12,13). The SMILES string of the molecule is O=C1[C]=C(O)CN1c1ccc2[nH]cnc2c1. The van der Waals surface area contributed by atoms with Gasteiger partial charge in [0, 0.05) is 5.69 Å². The van der Waals surface area contributed by atoms with Gasteiger partial charge in [0.2, 0.25) is 0 Å². The highest BCUT2D eigenvalue weighted by Crippen LogP contribution is 2.23. The van der Waals surface area contributed by atoms with Gasteiger partial charge in [-0.1, -0.05) is 0 Å². The van der Waals surface area contributed by atoms with Crippen LogP contribution in [0.3, 0.4) is 0 Å². The Morgan fingerprint density at radius 2 is 2.38 bits per heavy atom. The number of nitrogens with one attached hydrogen (secondary N) is 1. The maximum Gasteiger partial charge on any atom is 0.263 e. The number of nitrogens with zero attached hydrogens (tertiary/aromatic N) is 2. The molecule has 2 N–H and O–H groups in total. The van der Waals surface area contributed by atoms with Gasteiger partial charge in [-0.25, -0.2) is 4.98 Å². The summed E-state index contributed by atoms with van der Waals surface area (Å²) >= 11 is 0. The van der Waals surface area contributed by atoms with Gasteiger partial charge in [-0.2, -0.15) is 0 Å². The number of hydrogen-bond acceptors (Lipinski definition) is 3. The van der Waals surface area contributed by atoms with E-state index in [1.807, 2.05) is 6.07 Å². The molecule has 16 heavy (non-hydrogen) atoms. The van der Waals surface area contributed by atoms with Gasteiger partial charge in [0.1, 0.15) is 5.76 Å². The average molecular weight is 214 g/mol. The lowest BCUT2D eigenvalue weighted by Crippen LogP contribution is -2.25. The number of rotatable bonds is 1. The van der Waals surface area contributed by atoms with Crippen LogP contribution in [0.1, 0.15) is 0 Å². The van der Waals surface area contributed by atoms with E-state index in [9.17, 15) is 9.90 Å². The third-order valence-electron chi connectivity index (χ3n) is 2.52. The third kappa shape index (κ3) is 1.25. The van der Waals surface area contributed by atoms with E-state index in [0.717, 1.165) is 11.0 Å². The maximum atomic E-state index is 11.5. The summed E-state index contributed by atoms with van der Waals surface area (Å²) in [6.45, 7) is 0.175. The van der Waals surface area contributed by atoms with Gasteiger partial charge in [-0.3, -0.25) is 4.79 Å². The molecule has 0 atom stereocenters. The zero-order valence-corrected chi connectivity index (χ0v) is 8.27. The fraction of sp³-hybridized carbons (Fsp3) is 0.0909. The molecule has 5 heteroatoms. The third-order valence-corrected chi connectivity index (χ3v) is 2.52. The summed E-state index contributed by atoms with van der Waals surface area (Å²) in [6, 6.07) is 5.45. The zero-order valence-electron chi connectivity index (χ0n) is 8.27. The van der Waals surface area contributed by atoms with Crippen LogP contribution in [0.25, 0.3) is 11.0 Å². The van der Waals surface area contributed by atoms with Crippen LogP contribution < -0.4 is 4.90 Å². The zero-order chi connectivity index (χ0) is 11.1. The minimum absolute atomic E-state index is 0.0351. The number of imidazole rings is 1. The summed E-state index contributed by atoms with van der Waals surface area (Å²) in [5.74, 6) is -0.362. The second kappa shape index (κ2) is 3.10. The van der Waals surface area contributed by atoms with E-state index in [2.05, 4.69) is 16.0 Å². The number of aliphatic hydroxyl groups excluding tert-OH is 1. The maximum absolute atomic E-state index is 11.5. The van der Waals surface area contributed by atoms with Crippen molar-refractivity contribution in [2.75, 3.05) is 11.4 Å². The number of hydrogen-bond donors (Lipinski definition) is 2. The first-order valence-corrected chi connectivity index (χ1v) is 4.80. The molecule has 0 fully saturated rings. The Morgan fingerprint density at radius 1 is 1.50 bits per heavy atom. The summed E-state index contributed by atoms with van der Waals surface area (Å²) < 4.78 is 0. The number of carbonyl (C=O) groups excluding carboxylic acids is 1. The average Bonchev–Trinajstić information content (AvgIpc) is 2.83. The van der Waals surface area contributed by atoms with Crippen LogP contribution in [0, 0.1) is 6.08 Å². The molecule has 79 valence electrons. The molecular formula is C11H8N3O2. The highest BCUT2D eigenvalue weighted by Gasteiger charge is 2.23. The quantitative estimate of drug-likeness (QED) is 0.748. The van der Waals surface area contributed by atoms with Crippen molar-refractivity contribution in [1.29, 1.82) is 0 Å². The molecule has 1 aromatic carbocycles. The van der Waals surface area contributed by atoms with Crippen molar-refractivity contribution >= 4 is 22.6 Å². The van der Waals surface area contributed by atoms with E-state index in [1.54, 1.807) is 18.5 Å². The normalized spacial score (nSPS) is 15.9. The van der Waals surface area contributed by atoms with E-state index in [1.165, 1.54) is 4.90 Å². The molecule has 0 bridgehead atoms. The lowest BCUT2D eigenvalue weighted by atomic mass is 10.2. The van der Waals surface area contributed by atoms with Crippen molar-refractivity contribution in [3.05, 3.63) is 36.4 Å². The lowest BCUT2D eigenvalue weighted by molar-refractivity contribution is -0.114. The molecule has 5 nitrogen and oxygen atoms in total. The molecule has 1 aliphatic heterocycles. The van der Waals surface area contributed by atoms with Crippen LogP contribution in [-0.4, -0.2) is 27.5 Å². The number of anilines is 1. The van der Waals surface area contributed by atoms with E-state index >= 15 is 0 Å². The van der Waals surface area contributed by atoms with Crippen LogP contribution >= 0.6 is 0 Å². The van der Waals surface area contributed by atoms with Crippen LogP contribution in [0.4, 0.5) is 5.69 Å². The van der Waals surface area contributed by atoms with Crippen LogP contribution in [0.2, 0.25) is 0 Å². The highest BCUT2D eigenvalue weighted by molar-refractivity contribution is 6.02. The lowest BCUT2D eigenvalue weighted by Gasteiger charge is -2.15. The second-order valence-electron chi connectivity index (χ2n) is 3.57. The van der Waals surface area contributed by atoms with E-state index in [-0.39, 0.29) is 18.2 Å². The highest BCUT2D eigenvalue weighted by atomic mass is 16.3. The Morgan fingerprint density at radius 3 is 3.12 bits per heavy atom. The van der Waals surface area contributed by atoms with Gasteiger partial charge in [0.15, 0.2) is 0 Å². The Balaban J connectivity index is 2.03. The number of aromatic nitrogens is 2.